The molecule has 3 aromatic carbocycles. The highest BCUT2D eigenvalue weighted by Gasteiger charge is 2.32. The zero-order valence-electron chi connectivity index (χ0n) is 21.5. The molecule has 0 spiro atoms. The van der Waals surface area contributed by atoms with E-state index in [1.54, 1.807) is 43.3 Å². The van der Waals surface area contributed by atoms with Gasteiger partial charge in [0.25, 0.3) is 10.0 Å². The van der Waals surface area contributed by atoms with Crippen LogP contribution in [0, 0.1) is 6.92 Å². The number of amides is 2. The summed E-state index contributed by atoms with van der Waals surface area (Å²) in [6, 6.07) is 21.7. The summed E-state index contributed by atoms with van der Waals surface area (Å²) in [6.45, 7) is 3.32. The predicted molar refractivity (Wildman–Crippen MR) is 144 cm³/mol. The molecule has 0 aliphatic carbocycles. The van der Waals surface area contributed by atoms with Gasteiger partial charge in [-0.2, -0.15) is 0 Å². The molecule has 3 aromatic rings. The molecular weight excluding hydrogens is 490 g/mol. The quantitative estimate of drug-likeness (QED) is 0.416. The Kier molecular flexibility index (Phi) is 9.30. The molecule has 0 saturated heterocycles. The Morgan fingerprint density at radius 3 is 2.14 bits per heavy atom. The van der Waals surface area contributed by atoms with E-state index in [0.717, 1.165) is 15.4 Å². The highest BCUT2D eigenvalue weighted by atomic mass is 32.2. The molecule has 0 radical (unpaired) electrons. The lowest BCUT2D eigenvalue weighted by atomic mass is 10.1. The number of nitrogens with zero attached hydrogens (tertiary/aromatic N) is 2. The number of aryl methyl sites for hydroxylation is 1. The van der Waals surface area contributed by atoms with E-state index in [0.29, 0.717) is 17.9 Å². The van der Waals surface area contributed by atoms with Gasteiger partial charge in [-0.05, 0) is 62.2 Å². The highest BCUT2D eigenvalue weighted by molar-refractivity contribution is 7.92. The summed E-state index contributed by atoms with van der Waals surface area (Å²) >= 11 is 0. The van der Waals surface area contributed by atoms with Crippen LogP contribution in [0.3, 0.4) is 0 Å². The molecule has 0 aromatic heterocycles. The summed E-state index contributed by atoms with van der Waals surface area (Å²) in [5, 5.41) is 2.58. The van der Waals surface area contributed by atoms with Crippen molar-refractivity contribution in [2.75, 3.05) is 31.6 Å². The van der Waals surface area contributed by atoms with Gasteiger partial charge in [-0.15, -0.1) is 0 Å². The van der Waals surface area contributed by atoms with Crippen molar-refractivity contribution in [3.63, 3.8) is 0 Å². The number of methoxy groups -OCH3 is 1. The summed E-state index contributed by atoms with van der Waals surface area (Å²) in [6.07, 6.45) is 0.518. The number of carbonyl (C=O) groups is 2. The SMILES string of the molecule is CNC(=O)[C@H](C)N(CCc1ccccc1)C(=O)CN(c1ccc(C)cc1)S(=O)(=O)c1ccc(OC)cc1. The monoisotopic (exact) mass is 523 g/mol. The van der Waals surface area contributed by atoms with Gasteiger partial charge in [0.1, 0.15) is 18.3 Å². The minimum atomic E-state index is -4.11. The molecule has 37 heavy (non-hydrogen) atoms. The van der Waals surface area contributed by atoms with Crippen LogP contribution in [0.15, 0.2) is 83.8 Å². The number of nitrogens with one attached hydrogen (secondary N) is 1. The van der Waals surface area contributed by atoms with Crippen LogP contribution < -0.4 is 14.4 Å². The molecule has 0 aliphatic heterocycles. The van der Waals surface area contributed by atoms with E-state index in [9.17, 15) is 18.0 Å². The zero-order valence-corrected chi connectivity index (χ0v) is 22.4. The van der Waals surface area contributed by atoms with Crippen LogP contribution in [0.25, 0.3) is 0 Å². The van der Waals surface area contributed by atoms with Crippen LogP contribution in [0.5, 0.6) is 5.75 Å². The van der Waals surface area contributed by atoms with E-state index in [4.69, 9.17) is 4.74 Å². The third-order valence-electron chi connectivity index (χ3n) is 6.15. The van der Waals surface area contributed by atoms with Crippen LogP contribution in [-0.2, 0) is 26.0 Å². The van der Waals surface area contributed by atoms with Gasteiger partial charge in [0.15, 0.2) is 0 Å². The van der Waals surface area contributed by atoms with Gasteiger partial charge in [0.2, 0.25) is 11.8 Å². The molecule has 2 amide bonds. The molecule has 8 nitrogen and oxygen atoms in total. The molecule has 0 aliphatic rings. The standard InChI is InChI=1S/C28H33N3O5S/c1-21-10-12-24(13-11-21)31(37(34,35)26-16-14-25(36-4)15-17-26)20-27(32)30(22(2)28(33)29-3)19-18-23-8-6-5-7-9-23/h5-17,22H,18-20H2,1-4H3,(H,29,33)/t22-/m0/s1. The van der Waals surface area contributed by atoms with Gasteiger partial charge in [0.05, 0.1) is 17.7 Å². The van der Waals surface area contributed by atoms with Gasteiger partial charge in [0, 0.05) is 13.6 Å². The normalized spacial score (nSPS) is 11.9. The zero-order chi connectivity index (χ0) is 27.0. The maximum atomic E-state index is 13.7. The van der Waals surface area contributed by atoms with Crippen molar-refractivity contribution in [2.45, 2.75) is 31.2 Å². The summed E-state index contributed by atoms with van der Waals surface area (Å²) in [5.41, 5.74) is 2.31. The molecule has 0 fully saturated rings. The number of carbonyl (C=O) groups excluding carboxylic acids is 2. The average molecular weight is 524 g/mol. The fraction of sp³-hybridized carbons (Fsp3) is 0.286. The first-order chi connectivity index (χ1) is 17.7. The first-order valence-electron chi connectivity index (χ1n) is 12.0. The van der Waals surface area contributed by atoms with Crippen molar-refractivity contribution < 1.29 is 22.7 Å². The lowest BCUT2D eigenvalue weighted by Crippen LogP contribution is -2.51. The Morgan fingerprint density at radius 2 is 1.57 bits per heavy atom. The third-order valence-corrected chi connectivity index (χ3v) is 7.93. The van der Waals surface area contributed by atoms with Gasteiger partial charge >= 0.3 is 0 Å². The number of ether oxygens (including phenoxy) is 1. The molecular formula is C28H33N3O5S. The Morgan fingerprint density at radius 1 is 0.946 bits per heavy atom. The van der Waals surface area contributed by atoms with E-state index < -0.39 is 28.5 Å². The third kappa shape index (κ3) is 6.89. The maximum Gasteiger partial charge on any atom is 0.264 e. The number of rotatable bonds is 11. The number of likely N-dealkylation sites (N-methyl/N-ethyl adjacent to an activating group) is 1. The summed E-state index contributed by atoms with van der Waals surface area (Å²) in [5.74, 6) is -0.297. The molecule has 1 atom stereocenters. The molecule has 0 heterocycles. The number of benzene rings is 3. The van der Waals surface area contributed by atoms with E-state index >= 15 is 0 Å². The van der Waals surface area contributed by atoms with Crippen molar-refractivity contribution in [2.24, 2.45) is 0 Å². The van der Waals surface area contributed by atoms with Gasteiger partial charge < -0.3 is 15.0 Å². The molecule has 0 unspecified atom stereocenters. The van der Waals surface area contributed by atoms with Crippen LogP contribution in [0.2, 0.25) is 0 Å². The number of anilines is 1. The van der Waals surface area contributed by atoms with Crippen LogP contribution in [0.1, 0.15) is 18.1 Å². The second kappa shape index (κ2) is 12.4. The number of hydrogen-bond acceptors (Lipinski definition) is 5. The Balaban J connectivity index is 1.96. The average Bonchev–Trinajstić information content (AvgIpc) is 2.92. The van der Waals surface area contributed by atoms with E-state index in [-0.39, 0.29) is 17.3 Å². The fourth-order valence-corrected chi connectivity index (χ4v) is 5.31. The summed E-state index contributed by atoms with van der Waals surface area (Å²) < 4.78 is 33.7. The highest BCUT2D eigenvalue weighted by Crippen LogP contribution is 2.26. The molecule has 3 rings (SSSR count). The fourth-order valence-electron chi connectivity index (χ4n) is 3.89. The summed E-state index contributed by atoms with van der Waals surface area (Å²) in [4.78, 5) is 27.6. The van der Waals surface area contributed by atoms with Crippen LogP contribution in [-0.4, -0.2) is 58.4 Å². The number of hydrogen-bond donors (Lipinski definition) is 1. The molecule has 9 heteroatoms. The Hall–Kier alpha value is -3.85. The second-order valence-electron chi connectivity index (χ2n) is 8.64. The first kappa shape index (κ1) is 27.7. The van der Waals surface area contributed by atoms with Crippen molar-refractivity contribution in [1.29, 1.82) is 0 Å². The van der Waals surface area contributed by atoms with E-state index in [1.165, 1.54) is 31.2 Å². The van der Waals surface area contributed by atoms with E-state index in [1.807, 2.05) is 37.3 Å². The largest absolute Gasteiger partial charge is 0.497 e. The minimum absolute atomic E-state index is 0.0249. The van der Waals surface area contributed by atoms with Crippen molar-refractivity contribution in [1.82, 2.24) is 10.2 Å². The van der Waals surface area contributed by atoms with Gasteiger partial charge in [-0.3, -0.25) is 13.9 Å². The maximum absolute atomic E-state index is 13.7. The lowest BCUT2D eigenvalue weighted by Gasteiger charge is -2.31. The smallest absolute Gasteiger partial charge is 0.264 e. The van der Waals surface area contributed by atoms with Gasteiger partial charge in [-0.25, -0.2) is 8.42 Å². The van der Waals surface area contributed by atoms with Crippen molar-refractivity contribution in [3.05, 3.63) is 90.0 Å². The second-order valence-corrected chi connectivity index (χ2v) is 10.5. The topological polar surface area (TPSA) is 96.0 Å². The molecule has 0 saturated carbocycles. The predicted octanol–water partition coefficient (Wildman–Crippen LogP) is 3.40. The van der Waals surface area contributed by atoms with Crippen LogP contribution in [0.4, 0.5) is 5.69 Å². The van der Waals surface area contributed by atoms with E-state index in [2.05, 4.69) is 5.32 Å². The van der Waals surface area contributed by atoms with Crippen molar-refractivity contribution >= 4 is 27.5 Å². The van der Waals surface area contributed by atoms with Crippen molar-refractivity contribution in [3.8, 4) is 5.75 Å². The van der Waals surface area contributed by atoms with Gasteiger partial charge in [-0.1, -0.05) is 48.0 Å². The molecule has 1 N–H and O–H groups in total. The molecule has 0 bridgehead atoms. The summed E-state index contributed by atoms with van der Waals surface area (Å²) in [7, 11) is -1.11. The minimum Gasteiger partial charge on any atom is -0.497 e. The Bertz CT molecular complexity index is 1290. The Labute approximate surface area is 218 Å². The lowest BCUT2D eigenvalue weighted by molar-refractivity contribution is -0.138. The molecule has 196 valence electrons. The first-order valence-corrected chi connectivity index (χ1v) is 13.4. The number of sulfonamides is 1. The van der Waals surface area contributed by atoms with Crippen LogP contribution >= 0.6 is 0 Å².